The summed E-state index contributed by atoms with van der Waals surface area (Å²) in [6.45, 7) is 3.30. The fraction of sp³-hybridized carbons (Fsp3) is 0.526. The molecule has 1 aliphatic rings. The van der Waals surface area contributed by atoms with Gasteiger partial charge in [0.2, 0.25) is 0 Å². The van der Waals surface area contributed by atoms with E-state index in [9.17, 15) is 0 Å². The van der Waals surface area contributed by atoms with Gasteiger partial charge in [0.05, 0.1) is 10.4 Å². The minimum atomic E-state index is 0.381. The lowest BCUT2D eigenvalue weighted by atomic mass is 10.0. The van der Waals surface area contributed by atoms with Crippen LogP contribution >= 0.6 is 23.5 Å². The van der Waals surface area contributed by atoms with E-state index in [-0.39, 0.29) is 0 Å². The third kappa shape index (κ3) is 4.80. The second-order valence-corrected chi connectivity index (χ2v) is 9.40. The first-order chi connectivity index (χ1) is 11.3. The number of benzene rings is 1. The zero-order valence-corrected chi connectivity index (χ0v) is 15.5. The molecule has 0 N–H and O–H groups in total. The molecule has 1 saturated heterocycles. The highest BCUT2D eigenvalue weighted by molar-refractivity contribution is 8.18. The predicted octanol–water partition coefficient (Wildman–Crippen LogP) is 5.03. The molecule has 2 nitrogen and oxygen atoms in total. The van der Waals surface area contributed by atoms with Crippen molar-refractivity contribution in [2.24, 2.45) is 0 Å². The molecule has 0 atom stereocenters. The van der Waals surface area contributed by atoms with Gasteiger partial charge >= 0.3 is 0 Å². The molecule has 3 rings (SSSR count). The quantitative estimate of drug-likeness (QED) is 0.700. The number of aryl methyl sites for hydroxylation is 3. The zero-order valence-electron chi connectivity index (χ0n) is 13.9. The van der Waals surface area contributed by atoms with E-state index in [2.05, 4.69) is 70.5 Å². The molecule has 0 unspecified atom stereocenters. The minimum absolute atomic E-state index is 0.381. The average molecular weight is 347 g/mol. The van der Waals surface area contributed by atoms with Gasteiger partial charge < -0.3 is 4.57 Å². The van der Waals surface area contributed by atoms with Crippen molar-refractivity contribution < 1.29 is 0 Å². The molecule has 0 radical (unpaired) electrons. The van der Waals surface area contributed by atoms with Gasteiger partial charge in [-0.15, -0.1) is 23.5 Å². The van der Waals surface area contributed by atoms with Gasteiger partial charge in [0.15, 0.2) is 0 Å². The van der Waals surface area contributed by atoms with Crippen molar-refractivity contribution >= 4 is 23.5 Å². The number of nitrogens with zero attached hydrogens (tertiary/aromatic N) is 2. The van der Waals surface area contributed by atoms with E-state index in [1.165, 1.54) is 48.3 Å². The van der Waals surface area contributed by atoms with Crippen molar-refractivity contribution in [2.75, 3.05) is 11.5 Å². The number of rotatable bonds is 7. The van der Waals surface area contributed by atoms with Crippen molar-refractivity contribution in [1.82, 2.24) is 9.55 Å². The van der Waals surface area contributed by atoms with Gasteiger partial charge in [0.1, 0.15) is 0 Å². The first-order valence-corrected chi connectivity index (χ1v) is 10.6. The molecule has 0 saturated carbocycles. The third-order valence-corrected chi connectivity index (χ3v) is 8.12. The highest BCUT2D eigenvalue weighted by Crippen LogP contribution is 2.48. The average Bonchev–Trinajstić information content (AvgIpc) is 3.13. The molecule has 4 heteroatoms. The first kappa shape index (κ1) is 17.0. The third-order valence-electron chi connectivity index (χ3n) is 4.55. The molecule has 0 bridgehead atoms. The Hall–Kier alpha value is -0.870. The summed E-state index contributed by atoms with van der Waals surface area (Å²) in [4.78, 5) is 4.17. The molecule has 23 heavy (non-hydrogen) atoms. The van der Waals surface area contributed by atoms with Crippen LogP contribution in [0.3, 0.4) is 0 Å². The largest absolute Gasteiger partial charge is 0.337 e. The molecule has 0 amide bonds. The number of hydrogen-bond acceptors (Lipinski definition) is 3. The molecule has 2 heterocycles. The van der Waals surface area contributed by atoms with Crippen LogP contribution < -0.4 is 0 Å². The van der Waals surface area contributed by atoms with Crippen molar-refractivity contribution in [3.05, 3.63) is 54.1 Å². The highest BCUT2D eigenvalue weighted by atomic mass is 32.2. The maximum atomic E-state index is 4.17. The normalized spacial score (nSPS) is 17.3. The fourth-order valence-electron chi connectivity index (χ4n) is 3.03. The standard InChI is InChI=1S/C19H26N2S2/c1-2-17-4-6-18(7-5-17)8-9-19(22-14-3-15-23-19)10-12-21-13-11-20-16-21/h4-7,11,13,16H,2-3,8-10,12,14-15H2,1H3. The lowest BCUT2D eigenvalue weighted by Crippen LogP contribution is -2.27. The van der Waals surface area contributed by atoms with Gasteiger partial charge in [0, 0.05) is 18.9 Å². The van der Waals surface area contributed by atoms with Crippen molar-refractivity contribution in [3.8, 4) is 0 Å². The van der Waals surface area contributed by atoms with Crippen LogP contribution in [0.1, 0.15) is 37.3 Å². The van der Waals surface area contributed by atoms with E-state index in [0.717, 1.165) is 13.0 Å². The Kier molecular flexibility index (Phi) is 6.12. The van der Waals surface area contributed by atoms with E-state index in [4.69, 9.17) is 0 Å². The summed E-state index contributed by atoms with van der Waals surface area (Å²) in [6.07, 6.45) is 12.1. The summed E-state index contributed by atoms with van der Waals surface area (Å²) >= 11 is 4.38. The van der Waals surface area contributed by atoms with Gasteiger partial charge in [-0.05, 0) is 54.7 Å². The summed E-state index contributed by atoms with van der Waals surface area (Å²) in [5.74, 6) is 2.62. The van der Waals surface area contributed by atoms with Gasteiger partial charge in [-0.1, -0.05) is 31.2 Å². The molecule has 1 aromatic heterocycles. The van der Waals surface area contributed by atoms with E-state index in [1.54, 1.807) is 0 Å². The Morgan fingerprint density at radius 1 is 1.09 bits per heavy atom. The Morgan fingerprint density at radius 3 is 2.48 bits per heavy atom. The lowest BCUT2D eigenvalue weighted by molar-refractivity contribution is 0.569. The SMILES string of the molecule is CCc1ccc(CCC2(CCn3ccnc3)SCCCS2)cc1. The molecule has 0 spiro atoms. The van der Waals surface area contributed by atoms with Gasteiger partial charge in [-0.2, -0.15) is 0 Å². The van der Waals surface area contributed by atoms with Crippen molar-refractivity contribution in [1.29, 1.82) is 0 Å². The number of aromatic nitrogens is 2. The summed E-state index contributed by atoms with van der Waals surface area (Å²) in [5.41, 5.74) is 2.92. The molecule has 124 valence electrons. The smallest absolute Gasteiger partial charge is 0.0945 e. The molecule has 1 fully saturated rings. The van der Waals surface area contributed by atoms with Crippen LogP contribution in [0.25, 0.3) is 0 Å². The molecular weight excluding hydrogens is 320 g/mol. The van der Waals surface area contributed by atoms with E-state index >= 15 is 0 Å². The van der Waals surface area contributed by atoms with E-state index < -0.39 is 0 Å². The maximum absolute atomic E-state index is 4.17. The van der Waals surface area contributed by atoms with Crippen LogP contribution in [0.4, 0.5) is 0 Å². The summed E-state index contributed by atoms with van der Waals surface area (Å²) in [7, 11) is 0. The Bertz CT molecular complexity index is 572. The molecule has 1 aromatic carbocycles. The number of imidazole rings is 1. The van der Waals surface area contributed by atoms with Gasteiger partial charge in [0.25, 0.3) is 0 Å². The van der Waals surface area contributed by atoms with E-state index in [1.807, 2.05) is 12.5 Å². The summed E-state index contributed by atoms with van der Waals surface area (Å²) in [6, 6.07) is 9.21. The fourth-order valence-corrected chi connectivity index (χ4v) is 6.33. The number of thioether (sulfide) groups is 2. The zero-order chi connectivity index (χ0) is 16.0. The topological polar surface area (TPSA) is 17.8 Å². The Balaban J connectivity index is 1.61. The van der Waals surface area contributed by atoms with Gasteiger partial charge in [-0.3, -0.25) is 0 Å². The second kappa shape index (κ2) is 8.29. The Labute approximate surface area is 148 Å². The van der Waals surface area contributed by atoms with Crippen LogP contribution in [-0.2, 0) is 19.4 Å². The van der Waals surface area contributed by atoms with Crippen molar-refractivity contribution in [3.63, 3.8) is 0 Å². The predicted molar refractivity (Wildman–Crippen MR) is 103 cm³/mol. The number of hydrogen-bond donors (Lipinski definition) is 0. The molecular formula is C19H26N2S2. The van der Waals surface area contributed by atoms with Crippen LogP contribution in [0.15, 0.2) is 43.0 Å². The van der Waals surface area contributed by atoms with Crippen molar-refractivity contribution in [2.45, 2.75) is 49.7 Å². The van der Waals surface area contributed by atoms with Crippen LogP contribution in [0.2, 0.25) is 0 Å². The summed E-state index contributed by atoms with van der Waals surface area (Å²) in [5, 5.41) is 0. The summed E-state index contributed by atoms with van der Waals surface area (Å²) < 4.78 is 2.60. The van der Waals surface area contributed by atoms with Gasteiger partial charge in [-0.25, -0.2) is 4.98 Å². The highest BCUT2D eigenvalue weighted by Gasteiger charge is 2.33. The molecule has 2 aromatic rings. The first-order valence-electron chi connectivity index (χ1n) is 8.61. The monoisotopic (exact) mass is 346 g/mol. The Morgan fingerprint density at radius 2 is 1.83 bits per heavy atom. The van der Waals surface area contributed by atoms with Crippen LogP contribution in [-0.4, -0.2) is 25.1 Å². The molecule has 1 aliphatic heterocycles. The lowest BCUT2D eigenvalue weighted by Gasteiger charge is -2.36. The molecule has 0 aliphatic carbocycles. The van der Waals surface area contributed by atoms with Crippen LogP contribution in [0.5, 0.6) is 0 Å². The second-order valence-electron chi connectivity index (χ2n) is 6.18. The van der Waals surface area contributed by atoms with E-state index in [0.29, 0.717) is 4.08 Å². The minimum Gasteiger partial charge on any atom is -0.337 e. The van der Waals surface area contributed by atoms with Crippen LogP contribution in [0, 0.1) is 0 Å². The maximum Gasteiger partial charge on any atom is 0.0945 e.